The van der Waals surface area contributed by atoms with E-state index < -0.39 is 0 Å². The van der Waals surface area contributed by atoms with Gasteiger partial charge in [-0.2, -0.15) is 0 Å². The monoisotopic (exact) mass is 298 g/mol. The minimum absolute atomic E-state index is 0.0701. The maximum atomic E-state index is 12.9. The fraction of sp³-hybridized carbons (Fsp3) is 0.429. The lowest BCUT2D eigenvalue weighted by molar-refractivity contribution is -0.121. The minimum Gasteiger partial charge on any atom is -0.351 e. The second-order valence-electron chi connectivity index (χ2n) is 4.74. The van der Waals surface area contributed by atoms with E-state index in [-0.39, 0.29) is 30.1 Å². The number of hydrogen-bond donors (Lipinski definition) is 1. The molecule has 0 bridgehead atoms. The molecule has 0 unspecified atom stereocenters. The van der Waals surface area contributed by atoms with Crippen molar-refractivity contribution in [2.75, 3.05) is 17.3 Å². The SMILES string of the molecule is O=C(CCCCl)N[C@H]1CC(=O)N(c2ccc(F)cc2)C1. The van der Waals surface area contributed by atoms with Crippen molar-refractivity contribution in [3.8, 4) is 0 Å². The van der Waals surface area contributed by atoms with E-state index in [0.717, 1.165) is 0 Å². The zero-order valence-corrected chi connectivity index (χ0v) is 11.7. The van der Waals surface area contributed by atoms with Crippen LogP contribution in [0.25, 0.3) is 0 Å². The van der Waals surface area contributed by atoms with Crippen LogP contribution in [0.4, 0.5) is 10.1 Å². The number of hydrogen-bond acceptors (Lipinski definition) is 2. The summed E-state index contributed by atoms with van der Waals surface area (Å²) in [6.45, 7) is 0.414. The van der Waals surface area contributed by atoms with Crippen molar-refractivity contribution in [2.24, 2.45) is 0 Å². The van der Waals surface area contributed by atoms with E-state index in [9.17, 15) is 14.0 Å². The van der Waals surface area contributed by atoms with Crippen molar-refractivity contribution in [3.05, 3.63) is 30.1 Å². The lowest BCUT2D eigenvalue weighted by Gasteiger charge is -2.17. The van der Waals surface area contributed by atoms with Gasteiger partial charge in [-0.3, -0.25) is 9.59 Å². The van der Waals surface area contributed by atoms with Crippen molar-refractivity contribution in [1.82, 2.24) is 5.32 Å². The quantitative estimate of drug-likeness (QED) is 0.846. The number of rotatable bonds is 5. The first kappa shape index (κ1) is 14.8. The number of nitrogens with one attached hydrogen (secondary N) is 1. The van der Waals surface area contributed by atoms with Crippen molar-refractivity contribution >= 4 is 29.1 Å². The van der Waals surface area contributed by atoms with E-state index in [4.69, 9.17) is 11.6 Å². The molecule has 1 aliphatic heterocycles. The third kappa shape index (κ3) is 3.70. The third-order valence-corrected chi connectivity index (χ3v) is 3.43. The summed E-state index contributed by atoms with van der Waals surface area (Å²) < 4.78 is 12.9. The molecule has 6 heteroatoms. The third-order valence-electron chi connectivity index (χ3n) is 3.17. The Bertz CT molecular complexity index is 492. The Morgan fingerprint density at radius 1 is 1.40 bits per heavy atom. The molecule has 1 fully saturated rings. The molecule has 1 aromatic carbocycles. The summed E-state index contributed by atoms with van der Waals surface area (Å²) in [6, 6.07) is 5.55. The Hall–Kier alpha value is -1.62. The van der Waals surface area contributed by atoms with Crippen LogP contribution < -0.4 is 10.2 Å². The summed E-state index contributed by atoms with van der Waals surface area (Å²) in [6.07, 6.45) is 1.25. The van der Waals surface area contributed by atoms with Gasteiger partial charge in [0, 0.05) is 31.0 Å². The second-order valence-corrected chi connectivity index (χ2v) is 5.12. The van der Waals surface area contributed by atoms with E-state index in [1.165, 1.54) is 12.1 Å². The summed E-state index contributed by atoms with van der Waals surface area (Å²) in [7, 11) is 0. The Morgan fingerprint density at radius 3 is 2.75 bits per heavy atom. The van der Waals surface area contributed by atoms with Crippen LogP contribution in [0.5, 0.6) is 0 Å². The van der Waals surface area contributed by atoms with Crippen LogP contribution in [-0.4, -0.2) is 30.3 Å². The number of halogens is 2. The maximum Gasteiger partial charge on any atom is 0.229 e. The highest BCUT2D eigenvalue weighted by molar-refractivity contribution is 6.17. The van der Waals surface area contributed by atoms with Gasteiger partial charge in [0.1, 0.15) is 5.82 Å². The van der Waals surface area contributed by atoms with E-state index in [0.29, 0.717) is 31.0 Å². The van der Waals surface area contributed by atoms with Crippen LogP contribution in [0, 0.1) is 5.82 Å². The Balaban J connectivity index is 1.93. The molecule has 1 aromatic rings. The van der Waals surface area contributed by atoms with Crippen LogP contribution in [-0.2, 0) is 9.59 Å². The molecule has 0 aromatic heterocycles. The molecule has 1 aliphatic rings. The summed E-state index contributed by atoms with van der Waals surface area (Å²) in [5.41, 5.74) is 0.647. The average Bonchev–Trinajstić information content (AvgIpc) is 2.78. The molecule has 0 spiro atoms. The first-order valence-corrected chi connectivity index (χ1v) is 7.05. The topological polar surface area (TPSA) is 49.4 Å². The number of alkyl halides is 1. The van der Waals surface area contributed by atoms with Crippen LogP contribution in [0.1, 0.15) is 19.3 Å². The molecule has 2 rings (SSSR count). The highest BCUT2D eigenvalue weighted by Crippen LogP contribution is 2.21. The summed E-state index contributed by atoms with van der Waals surface area (Å²) in [5, 5.41) is 2.82. The number of anilines is 1. The van der Waals surface area contributed by atoms with E-state index >= 15 is 0 Å². The molecule has 108 valence electrons. The molecular formula is C14H16ClFN2O2. The standard InChI is InChI=1S/C14H16ClFN2O2/c15-7-1-2-13(19)17-11-8-14(20)18(9-11)12-5-3-10(16)4-6-12/h3-6,11H,1-2,7-9H2,(H,17,19)/t11-/m0/s1. The number of benzene rings is 1. The predicted molar refractivity (Wildman–Crippen MR) is 75.3 cm³/mol. The molecule has 1 heterocycles. The molecule has 1 saturated heterocycles. The maximum absolute atomic E-state index is 12.9. The summed E-state index contributed by atoms with van der Waals surface area (Å²) in [4.78, 5) is 25.1. The van der Waals surface area contributed by atoms with Gasteiger partial charge in [0.15, 0.2) is 0 Å². The molecule has 0 radical (unpaired) electrons. The van der Waals surface area contributed by atoms with Crippen LogP contribution in [0.2, 0.25) is 0 Å². The van der Waals surface area contributed by atoms with Gasteiger partial charge in [0.25, 0.3) is 0 Å². The molecule has 0 aliphatic carbocycles. The number of nitrogens with zero attached hydrogens (tertiary/aromatic N) is 1. The van der Waals surface area contributed by atoms with Gasteiger partial charge in [-0.15, -0.1) is 11.6 Å². The highest BCUT2D eigenvalue weighted by Gasteiger charge is 2.31. The Morgan fingerprint density at radius 2 is 2.10 bits per heavy atom. The second kappa shape index (κ2) is 6.70. The Labute approximate surface area is 121 Å². The van der Waals surface area contributed by atoms with Gasteiger partial charge in [0.2, 0.25) is 11.8 Å². The molecule has 4 nitrogen and oxygen atoms in total. The molecule has 2 amide bonds. The lowest BCUT2D eigenvalue weighted by atomic mass is 10.2. The zero-order valence-electron chi connectivity index (χ0n) is 10.9. The molecule has 1 N–H and O–H groups in total. The van der Waals surface area contributed by atoms with Crippen molar-refractivity contribution in [2.45, 2.75) is 25.3 Å². The largest absolute Gasteiger partial charge is 0.351 e. The first-order valence-electron chi connectivity index (χ1n) is 6.51. The van der Waals surface area contributed by atoms with Crippen molar-refractivity contribution < 1.29 is 14.0 Å². The van der Waals surface area contributed by atoms with E-state index in [2.05, 4.69) is 5.32 Å². The van der Waals surface area contributed by atoms with Gasteiger partial charge < -0.3 is 10.2 Å². The van der Waals surface area contributed by atoms with E-state index in [1.54, 1.807) is 17.0 Å². The van der Waals surface area contributed by atoms with Gasteiger partial charge in [0.05, 0.1) is 6.04 Å². The van der Waals surface area contributed by atoms with Gasteiger partial charge in [-0.25, -0.2) is 4.39 Å². The van der Waals surface area contributed by atoms with Crippen LogP contribution in [0.3, 0.4) is 0 Å². The minimum atomic E-state index is -0.341. The highest BCUT2D eigenvalue weighted by atomic mass is 35.5. The van der Waals surface area contributed by atoms with Gasteiger partial charge >= 0.3 is 0 Å². The number of carbonyl (C=O) groups excluding carboxylic acids is 2. The number of amides is 2. The fourth-order valence-electron chi connectivity index (χ4n) is 2.20. The van der Waals surface area contributed by atoms with Crippen molar-refractivity contribution in [3.63, 3.8) is 0 Å². The molecular weight excluding hydrogens is 283 g/mol. The zero-order chi connectivity index (χ0) is 14.5. The van der Waals surface area contributed by atoms with Crippen LogP contribution in [0.15, 0.2) is 24.3 Å². The molecule has 0 saturated carbocycles. The summed E-state index contributed by atoms with van der Waals surface area (Å²) >= 11 is 5.53. The predicted octanol–water partition coefficient (Wildman–Crippen LogP) is 2.07. The van der Waals surface area contributed by atoms with E-state index in [1.807, 2.05) is 0 Å². The number of carbonyl (C=O) groups is 2. The van der Waals surface area contributed by atoms with Crippen LogP contribution >= 0.6 is 11.6 Å². The van der Waals surface area contributed by atoms with Crippen molar-refractivity contribution in [1.29, 1.82) is 0 Å². The summed E-state index contributed by atoms with van der Waals surface area (Å²) in [5.74, 6) is -0.0615. The van der Waals surface area contributed by atoms with Gasteiger partial charge in [-0.1, -0.05) is 0 Å². The lowest BCUT2D eigenvalue weighted by Crippen LogP contribution is -2.37. The fourth-order valence-corrected chi connectivity index (χ4v) is 2.34. The Kier molecular flexibility index (Phi) is 4.95. The first-order chi connectivity index (χ1) is 9.60. The smallest absolute Gasteiger partial charge is 0.229 e. The van der Waals surface area contributed by atoms with Gasteiger partial charge in [-0.05, 0) is 30.7 Å². The average molecular weight is 299 g/mol. The molecule has 1 atom stereocenters. The normalized spacial score (nSPS) is 18.4. The molecule has 20 heavy (non-hydrogen) atoms.